The van der Waals surface area contributed by atoms with Gasteiger partial charge in [-0.1, -0.05) is 330 Å². The molecule has 0 aliphatic carbocycles. The number of carbonyl (C=O) groups excluding carboxylic acids is 4. The monoisotopic (exact) mass is 1370 g/mol. The normalized spacial score (nSPS) is 14.1. The Hall–Kier alpha value is -1.94. The minimum absolute atomic E-state index is 0.102. The van der Waals surface area contributed by atoms with E-state index in [4.69, 9.17) is 37.0 Å². The van der Waals surface area contributed by atoms with Crippen molar-refractivity contribution in [3.63, 3.8) is 0 Å². The van der Waals surface area contributed by atoms with Crippen molar-refractivity contribution in [3.05, 3.63) is 0 Å². The number of hydrogen-bond acceptors (Lipinski definition) is 15. The average Bonchev–Trinajstić information content (AvgIpc) is 3.68. The van der Waals surface area contributed by atoms with Gasteiger partial charge in [0.15, 0.2) is 12.2 Å². The Labute approximate surface area is 568 Å². The maximum atomic E-state index is 13.1. The van der Waals surface area contributed by atoms with Crippen molar-refractivity contribution < 1.29 is 80.2 Å². The van der Waals surface area contributed by atoms with E-state index in [2.05, 4.69) is 41.5 Å². The quantitative estimate of drug-likeness (QED) is 0.0222. The Morgan fingerprint density at radius 1 is 0.290 bits per heavy atom. The van der Waals surface area contributed by atoms with Gasteiger partial charge in [-0.2, -0.15) is 0 Å². The van der Waals surface area contributed by atoms with E-state index in [1.807, 2.05) is 0 Å². The number of ether oxygens (including phenoxy) is 4. The Bertz CT molecular complexity index is 1800. The van der Waals surface area contributed by atoms with Gasteiger partial charge in [0.05, 0.1) is 26.4 Å². The zero-order valence-corrected chi connectivity index (χ0v) is 62.3. The van der Waals surface area contributed by atoms with Gasteiger partial charge in [-0.25, -0.2) is 9.13 Å². The highest BCUT2D eigenvalue weighted by molar-refractivity contribution is 7.47. The number of rotatable bonds is 73. The molecular weight excluding hydrogens is 1220 g/mol. The summed E-state index contributed by atoms with van der Waals surface area (Å²) < 4.78 is 68.3. The van der Waals surface area contributed by atoms with Crippen LogP contribution < -0.4 is 0 Å². The van der Waals surface area contributed by atoms with Gasteiger partial charge in [0.2, 0.25) is 0 Å². The summed E-state index contributed by atoms with van der Waals surface area (Å²) in [5.41, 5.74) is 0. The van der Waals surface area contributed by atoms with Crippen LogP contribution in [-0.2, 0) is 65.4 Å². The first-order valence-corrected chi connectivity index (χ1v) is 41.5. The Kier molecular flexibility index (Phi) is 64.6. The van der Waals surface area contributed by atoms with Gasteiger partial charge in [0.1, 0.15) is 19.3 Å². The van der Waals surface area contributed by atoms with Crippen LogP contribution in [0.25, 0.3) is 0 Å². The van der Waals surface area contributed by atoms with E-state index in [9.17, 15) is 43.2 Å². The molecule has 19 heteroatoms. The highest BCUT2D eigenvalue weighted by atomic mass is 31.2. The predicted molar refractivity (Wildman–Crippen MR) is 377 cm³/mol. The van der Waals surface area contributed by atoms with Crippen LogP contribution >= 0.6 is 15.6 Å². The van der Waals surface area contributed by atoms with Crippen LogP contribution in [0.5, 0.6) is 0 Å². The minimum atomic E-state index is -4.96. The van der Waals surface area contributed by atoms with E-state index in [1.54, 1.807) is 0 Å². The molecule has 0 aromatic carbocycles. The van der Waals surface area contributed by atoms with Gasteiger partial charge in [-0.05, 0) is 37.5 Å². The lowest BCUT2D eigenvalue weighted by Gasteiger charge is -2.21. The van der Waals surface area contributed by atoms with Crippen LogP contribution in [0.15, 0.2) is 0 Å². The molecule has 3 N–H and O–H groups in total. The first-order valence-electron chi connectivity index (χ1n) is 38.5. The van der Waals surface area contributed by atoms with Crippen molar-refractivity contribution in [3.8, 4) is 0 Å². The molecule has 0 amide bonds. The third-order valence-electron chi connectivity index (χ3n) is 17.2. The van der Waals surface area contributed by atoms with Crippen LogP contribution in [0.2, 0.25) is 0 Å². The van der Waals surface area contributed by atoms with Crippen molar-refractivity contribution in [1.82, 2.24) is 0 Å². The molecule has 0 aromatic heterocycles. The number of aliphatic hydroxyl groups excluding tert-OH is 1. The lowest BCUT2D eigenvalue weighted by atomic mass is 10.0. The van der Waals surface area contributed by atoms with Gasteiger partial charge in [-0.15, -0.1) is 0 Å². The summed E-state index contributed by atoms with van der Waals surface area (Å²) in [7, 11) is -9.90. The van der Waals surface area contributed by atoms with E-state index in [0.717, 1.165) is 95.8 Å². The van der Waals surface area contributed by atoms with Gasteiger partial charge >= 0.3 is 39.5 Å². The second-order valence-corrected chi connectivity index (χ2v) is 30.5. The molecule has 2 unspecified atom stereocenters. The summed E-state index contributed by atoms with van der Waals surface area (Å²) in [5, 5.41) is 10.6. The summed E-state index contributed by atoms with van der Waals surface area (Å²) in [5.74, 6) is -0.655. The van der Waals surface area contributed by atoms with Crippen molar-refractivity contribution in [1.29, 1.82) is 0 Å². The smallest absolute Gasteiger partial charge is 0.462 e. The van der Waals surface area contributed by atoms with Crippen LogP contribution in [-0.4, -0.2) is 96.7 Å². The summed E-state index contributed by atoms with van der Waals surface area (Å²) in [6.07, 6.45) is 53.0. The standard InChI is InChI=1S/C74H144O17P2/c1-7-9-11-13-15-17-18-19-20-21-22-23-28-31-35-39-46-52-58-73(78)90-69(62-85-72(77)57-51-45-38-34-30-27-25-24-26-29-33-36-42-48-54-66(3)4)64-88-92(80,81)86-60-68(75)61-87-93(82,83)89-65-70(91-74(79)59-53-47-41-40-43-49-55-67(5)6)63-84-71(76)56-50-44-37-32-16-14-12-10-8-2/h66-70,75H,7-65H2,1-6H3,(H,80,81)(H,82,83)/t68-,69-,70-/m1/s1. The Balaban J connectivity index is 5.19. The van der Waals surface area contributed by atoms with E-state index < -0.39 is 97.5 Å². The highest BCUT2D eigenvalue weighted by Crippen LogP contribution is 2.45. The van der Waals surface area contributed by atoms with Crippen molar-refractivity contribution in [2.75, 3.05) is 39.6 Å². The third kappa shape index (κ3) is 68.4. The van der Waals surface area contributed by atoms with E-state index in [0.29, 0.717) is 31.6 Å². The molecule has 0 rings (SSSR count). The van der Waals surface area contributed by atoms with Crippen LogP contribution in [0.4, 0.5) is 0 Å². The number of esters is 4. The average molecular weight is 1370 g/mol. The van der Waals surface area contributed by atoms with E-state index >= 15 is 0 Å². The first-order chi connectivity index (χ1) is 44.9. The number of hydrogen-bond donors (Lipinski definition) is 3. The minimum Gasteiger partial charge on any atom is -0.462 e. The molecule has 93 heavy (non-hydrogen) atoms. The molecular formula is C74H144O17P2. The molecule has 552 valence electrons. The molecule has 0 spiro atoms. The Morgan fingerprint density at radius 2 is 0.495 bits per heavy atom. The van der Waals surface area contributed by atoms with Gasteiger partial charge < -0.3 is 33.8 Å². The molecule has 0 saturated carbocycles. The lowest BCUT2D eigenvalue weighted by molar-refractivity contribution is -0.161. The van der Waals surface area contributed by atoms with Gasteiger partial charge in [0.25, 0.3) is 0 Å². The molecule has 0 fully saturated rings. The summed E-state index contributed by atoms with van der Waals surface area (Å²) in [6.45, 7) is 9.50. The Morgan fingerprint density at radius 3 is 0.731 bits per heavy atom. The number of carbonyl (C=O) groups is 4. The highest BCUT2D eigenvalue weighted by Gasteiger charge is 2.30. The lowest BCUT2D eigenvalue weighted by Crippen LogP contribution is -2.30. The molecule has 0 radical (unpaired) electrons. The number of phosphoric acid groups is 2. The second-order valence-electron chi connectivity index (χ2n) is 27.6. The summed E-state index contributed by atoms with van der Waals surface area (Å²) in [4.78, 5) is 72.6. The zero-order valence-electron chi connectivity index (χ0n) is 60.6. The fourth-order valence-corrected chi connectivity index (χ4v) is 12.9. The largest absolute Gasteiger partial charge is 0.472 e. The molecule has 0 saturated heterocycles. The molecule has 0 aliphatic rings. The molecule has 5 atom stereocenters. The second kappa shape index (κ2) is 66.0. The van der Waals surface area contributed by atoms with Crippen LogP contribution in [0.3, 0.4) is 0 Å². The number of aliphatic hydroxyl groups is 1. The summed E-state index contributed by atoms with van der Waals surface area (Å²) >= 11 is 0. The SMILES string of the molecule is CCCCCCCCCCCCCCCCCCCCC(=O)O[C@H](COC(=O)CCCCCCCCCCCCCCCCC(C)C)COP(=O)(O)OC[C@@H](O)COP(=O)(O)OC[C@@H](COC(=O)CCCCCCCCCCC)OC(=O)CCCCCCCCC(C)C. The summed E-state index contributed by atoms with van der Waals surface area (Å²) in [6, 6.07) is 0. The maximum Gasteiger partial charge on any atom is 0.472 e. The van der Waals surface area contributed by atoms with Crippen molar-refractivity contribution >= 4 is 39.5 Å². The maximum absolute atomic E-state index is 13.1. The van der Waals surface area contributed by atoms with Gasteiger partial charge in [0, 0.05) is 25.7 Å². The third-order valence-corrected chi connectivity index (χ3v) is 19.1. The van der Waals surface area contributed by atoms with Gasteiger partial charge in [-0.3, -0.25) is 37.3 Å². The first kappa shape index (κ1) is 91.1. The van der Waals surface area contributed by atoms with Crippen LogP contribution in [0, 0.1) is 11.8 Å². The predicted octanol–water partition coefficient (Wildman–Crippen LogP) is 21.6. The van der Waals surface area contributed by atoms with E-state index in [1.165, 1.54) is 199 Å². The molecule has 17 nitrogen and oxygen atoms in total. The van der Waals surface area contributed by atoms with Crippen molar-refractivity contribution in [2.45, 2.75) is 400 Å². The zero-order chi connectivity index (χ0) is 68.6. The molecule has 0 aromatic rings. The molecule has 0 aliphatic heterocycles. The van der Waals surface area contributed by atoms with E-state index in [-0.39, 0.29) is 25.7 Å². The molecule has 0 heterocycles. The fourth-order valence-electron chi connectivity index (χ4n) is 11.3. The van der Waals surface area contributed by atoms with Crippen molar-refractivity contribution in [2.24, 2.45) is 11.8 Å². The van der Waals surface area contributed by atoms with Crippen LogP contribution in [0.1, 0.15) is 382 Å². The fraction of sp³-hybridized carbons (Fsp3) is 0.946. The molecule has 0 bridgehead atoms. The number of unbranched alkanes of at least 4 members (excludes halogenated alkanes) is 43. The topological polar surface area (TPSA) is 237 Å². The number of phosphoric ester groups is 2.